The molecular weight excluding hydrogens is 326 g/mol. The summed E-state index contributed by atoms with van der Waals surface area (Å²) in [6.45, 7) is 5.09. The Kier molecular flexibility index (Phi) is 4.69. The first-order valence-corrected chi connectivity index (χ1v) is 9.97. The number of nitrogens with zero attached hydrogens (tertiary/aromatic N) is 4. The predicted molar refractivity (Wildman–Crippen MR) is 91.9 cm³/mol. The molecule has 1 aliphatic rings. The maximum atomic E-state index is 11.8. The summed E-state index contributed by atoms with van der Waals surface area (Å²) in [6.07, 6.45) is 7.45. The zero-order valence-corrected chi connectivity index (χ0v) is 15.1. The van der Waals surface area contributed by atoms with Crippen molar-refractivity contribution in [1.29, 1.82) is 0 Å². The van der Waals surface area contributed by atoms with Crippen molar-refractivity contribution in [2.24, 2.45) is 5.92 Å². The van der Waals surface area contributed by atoms with Gasteiger partial charge in [-0.3, -0.25) is 10.1 Å². The van der Waals surface area contributed by atoms with E-state index in [0.717, 1.165) is 47.6 Å². The lowest BCUT2D eigenvalue weighted by molar-refractivity contribution is 0.265. The van der Waals surface area contributed by atoms with E-state index in [1.807, 2.05) is 13.8 Å². The molecule has 1 atom stereocenters. The molecule has 0 aromatic carbocycles. The molecule has 0 saturated carbocycles. The number of aromatic nitrogens is 4. The summed E-state index contributed by atoms with van der Waals surface area (Å²) in [5.41, 5.74) is 4.57. The second kappa shape index (κ2) is 6.60. The van der Waals surface area contributed by atoms with Crippen LogP contribution in [0.25, 0.3) is 11.3 Å². The molecule has 0 amide bonds. The zero-order chi connectivity index (χ0) is 17.3. The summed E-state index contributed by atoms with van der Waals surface area (Å²) in [5, 5.41) is 7.18. The smallest absolute Gasteiger partial charge is 0.211 e. The molecule has 8 heteroatoms. The van der Waals surface area contributed by atoms with Crippen LogP contribution < -0.4 is 0 Å². The van der Waals surface area contributed by atoms with Crippen molar-refractivity contribution < 1.29 is 8.42 Å². The standard InChI is InChI=1S/C16H23N5O2S/c1-11-16(12(2)20-19-11)15-9-17-8-14(18-15)7-13-5-4-6-21(10-13)24(3,22)23/h8-9,13H,4-7,10H2,1-3H3,(H,19,20). The lowest BCUT2D eigenvalue weighted by atomic mass is 9.95. The molecule has 3 rings (SSSR count). The lowest BCUT2D eigenvalue weighted by Gasteiger charge is -2.30. The van der Waals surface area contributed by atoms with Gasteiger partial charge in [-0.1, -0.05) is 0 Å². The highest BCUT2D eigenvalue weighted by Gasteiger charge is 2.26. The summed E-state index contributed by atoms with van der Waals surface area (Å²) >= 11 is 0. The summed E-state index contributed by atoms with van der Waals surface area (Å²) in [7, 11) is -3.12. The number of nitrogens with one attached hydrogen (secondary N) is 1. The van der Waals surface area contributed by atoms with Gasteiger partial charge in [-0.15, -0.1) is 0 Å². The fourth-order valence-corrected chi connectivity index (χ4v) is 4.29. The van der Waals surface area contributed by atoms with Crippen molar-refractivity contribution in [1.82, 2.24) is 24.5 Å². The van der Waals surface area contributed by atoms with Crippen LogP contribution in [0.3, 0.4) is 0 Å². The number of rotatable bonds is 4. The van der Waals surface area contributed by atoms with E-state index in [2.05, 4.69) is 15.2 Å². The molecular formula is C16H23N5O2S. The number of sulfonamides is 1. The third-order valence-electron chi connectivity index (χ3n) is 4.52. The molecule has 1 N–H and O–H groups in total. The van der Waals surface area contributed by atoms with Crippen molar-refractivity contribution in [3.63, 3.8) is 0 Å². The minimum Gasteiger partial charge on any atom is -0.282 e. The second-order valence-electron chi connectivity index (χ2n) is 6.54. The van der Waals surface area contributed by atoms with Crippen molar-refractivity contribution >= 4 is 10.0 Å². The fourth-order valence-electron chi connectivity index (χ4n) is 3.34. The Morgan fingerprint density at radius 1 is 1.33 bits per heavy atom. The number of H-pyrrole nitrogens is 1. The Morgan fingerprint density at radius 3 is 2.79 bits per heavy atom. The Morgan fingerprint density at radius 2 is 2.12 bits per heavy atom. The molecule has 3 heterocycles. The second-order valence-corrected chi connectivity index (χ2v) is 8.52. The van der Waals surface area contributed by atoms with Crippen LogP contribution >= 0.6 is 0 Å². The van der Waals surface area contributed by atoms with Crippen LogP contribution in [-0.2, 0) is 16.4 Å². The SMILES string of the molecule is Cc1n[nH]c(C)c1-c1cncc(CC2CCCN(S(C)(=O)=O)C2)n1. The number of aryl methyl sites for hydroxylation is 2. The monoisotopic (exact) mass is 349 g/mol. The third kappa shape index (κ3) is 3.64. The Bertz CT molecular complexity index is 811. The third-order valence-corrected chi connectivity index (χ3v) is 5.79. The van der Waals surface area contributed by atoms with E-state index in [0.29, 0.717) is 13.1 Å². The normalized spacial score (nSPS) is 19.5. The first-order valence-electron chi connectivity index (χ1n) is 8.12. The van der Waals surface area contributed by atoms with Crippen molar-refractivity contribution in [3.8, 4) is 11.3 Å². The minimum atomic E-state index is -3.12. The molecule has 0 spiro atoms. The molecule has 0 radical (unpaired) electrons. The molecule has 130 valence electrons. The average molecular weight is 349 g/mol. The largest absolute Gasteiger partial charge is 0.282 e. The zero-order valence-electron chi connectivity index (χ0n) is 14.3. The summed E-state index contributed by atoms with van der Waals surface area (Å²) in [4.78, 5) is 9.05. The van der Waals surface area contributed by atoms with E-state index in [1.165, 1.54) is 6.26 Å². The number of aromatic amines is 1. The van der Waals surface area contributed by atoms with Gasteiger partial charge in [0.25, 0.3) is 0 Å². The maximum Gasteiger partial charge on any atom is 0.211 e. The van der Waals surface area contributed by atoms with Gasteiger partial charge in [-0.25, -0.2) is 17.7 Å². The van der Waals surface area contributed by atoms with Crippen LogP contribution in [0.5, 0.6) is 0 Å². The molecule has 0 bridgehead atoms. The highest BCUT2D eigenvalue weighted by molar-refractivity contribution is 7.88. The van der Waals surface area contributed by atoms with Gasteiger partial charge >= 0.3 is 0 Å². The average Bonchev–Trinajstić information content (AvgIpc) is 2.86. The van der Waals surface area contributed by atoms with Gasteiger partial charge in [0.1, 0.15) is 0 Å². The molecule has 7 nitrogen and oxygen atoms in total. The van der Waals surface area contributed by atoms with Gasteiger partial charge in [-0.2, -0.15) is 5.10 Å². The van der Waals surface area contributed by atoms with Crippen molar-refractivity contribution in [3.05, 3.63) is 29.5 Å². The lowest BCUT2D eigenvalue weighted by Crippen LogP contribution is -2.39. The van der Waals surface area contributed by atoms with E-state index in [4.69, 9.17) is 4.98 Å². The van der Waals surface area contributed by atoms with Gasteiger partial charge in [0.05, 0.1) is 29.5 Å². The van der Waals surface area contributed by atoms with Gasteiger partial charge in [-0.05, 0) is 39.0 Å². The van der Waals surface area contributed by atoms with Crippen LogP contribution in [0.15, 0.2) is 12.4 Å². The quantitative estimate of drug-likeness (QED) is 0.907. The van der Waals surface area contributed by atoms with E-state index >= 15 is 0 Å². The van der Waals surface area contributed by atoms with E-state index in [-0.39, 0.29) is 5.92 Å². The topological polar surface area (TPSA) is 91.8 Å². The molecule has 1 aliphatic heterocycles. The summed E-state index contributed by atoms with van der Waals surface area (Å²) < 4.78 is 25.1. The number of piperidine rings is 1. The molecule has 1 fully saturated rings. The first kappa shape index (κ1) is 17.0. The van der Waals surface area contributed by atoms with Gasteiger partial charge in [0.2, 0.25) is 10.0 Å². The van der Waals surface area contributed by atoms with Gasteiger partial charge < -0.3 is 0 Å². The Balaban J connectivity index is 1.78. The Labute approximate surface area is 142 Å². The molecule has 2 aromatic rings. The van der Waals surface area contributed by atoms with E-state index in [1.54, 1.807) is 16.7 Å². The van der Waals surface area contributed by atoms with Crippen LogP contribution in [-0.4, -0.2) is 52.2 Å². The van der Waals surface area contributed by atoms with Gasteiger partial charge in [0.15, 0.2) is 0 Å². The van der Waals surface area contributed by atoms with Crippen LogP contribution in [0.4, 0.5) is 0 Å². The number of hydrogen-bond acceptors (Lipinski definition) is 5. The van der Waals surface area contributed by atoms with E-state index < -0.39 is 10.0 Å². The molecule has 1 saturated heterocycles. The summed E-state index contributed by atoms with van der Waals surface area (Å²) in [6, 6.07) is 0. The first-order chi connectivity index (χ1) is 11.3. The molecule has 2 aromatic heterocycles. The van der Waals surface area contributed by atoms with Crippen molar-refractivity contribution in [2.75, 3.05) is 19.3 Å². The molecule has 0 aliphatic carbocycles. The van der Waals surface area contributed by atoms with Gasteiger partial charge in [0, 0.05) is 30.5 Å². The van der Waals surface area contributed by atoms with Crippen LogP contribution in [0, 0.1) is 19.8 Å². The Hall–Kier alpha value is -1.80. The fraction of sp³-hybridized carbons (Fsp3) is 0.562. The number of hydrogen-bond donors (Lipinski definition) is 1. The molecule has 24 heavy (non-hydrogen) atoms. The highest BCUT2D eigenvalue weighted by atomic mass is 32.2. The van der Waals surface area contributed by atoms with Crippen molar-refractivity contribution in [2.45, 2.75) is 33.1 Å². The maximum absolute atomic E-state index is 11.8. The predicted octanol–water partition coefficient (Wildman–Crippen LogP) is 1.70. The molecule has 1 unspecified atom stereocenters. The highest BCUT2D eigenvalue weighted by Crippen LogP contribution is 2.25. The van der Waals surface area contributed by atoms with E-state index in [9.17, 15) is 8.42 Å². The minimum absolute atomic E-state index is 0.282. The van der Waals surface area contributed by atoms with Crippen LogP contribution in [0.2, 0.25) is 0 Å². The summed E-state index contributed by atoms with van der Waals surface area (Å²) in [5.74, 6) is 0.282. The van der Waals surface area contributed by atoms with Crippen LogP contribution in [0.1, 0.15) is 29.9 Å².